The van der Waals surface area contributed by atoms with Crippen LogP contribution in [-0.4, -0.2) is 32.9 Å². The van der Waals surface area contributed by atoms with Crippen LogP contribution in [0.15, 0.2) is 47.2 Å². The summed E-state index contributed by atoms with van der Waals surface area (Å²) in [6, 6.07) is 9.55. The molecule has 0 amide bonds. The molecule has 0 aliphatic rings. The number of hydrogen-bond donors (Lipinski definition) is 1. The van der Waals surface area contributed by atoms with E-state index in [9.17, 15) is 9.59 Å². The normalized spacial score (nSPS) is 10.6. The highest BCUT2D eigenvalue weighted by Gasteiger charge is 2.20. The van der Waals surface area contributed by atoms with E-state index in [1.807, 2.05) is 42.7 Å². The van der Waals surface area contributed by atoms with E-state index >= 15 is 0 Å². The monoisotopic (exact) mass is 428 g/mol. The van der Waals surface area contributed by atoms with Crippen LogP contribution in [0, 0.1) is 13.8 Å². The Hall–Kier alpha value is -3.00. The van der Waals surface area contributed by atoms with E-state index in [0.29, 0.717) is 5.56 Å². The van der Waals surface area contributed by atoms with Gasteiger partial charge in [0.2, 0.25) is 5.78 Å². The van der Waals surface area contributed by atoms with E-state index in [-0.39, 0.29) is 17.3 Å². The third kappa shape index (κ3) is 3.90. The Morgan fingerprint density at radius 1 is 1.19 bits per heavy atom. The molecule has 27 heavy (non-hydrogen) atoms. The smallest absolute Gasteiger partial charge is 0.361 e. The van der Waals surface area contributed by atoms with Crippen molar-refractivity contribution in [1.29, 1.82) is 0 Å². The Morgan fingerprint density at radius 3 is 2.63 bits per heavy atom. The fourth-order valence-corrected chi connectivity index (χ4v) is 3.23. The summed E-state index contributed by atoms with van der Waals surface area (Å²) in [7, 11) is 0. The Balaban J connectivity index is 1.79. The molecule has 2 N–H and O–H groups in total. The number of halogens is 1. The maximum Gasteiger partial charge on any atom is 0.361 e. The zero-order chi connectivity index (χ0) is 19.6. The number of Topliss-reactive ketones (excluding diaryl/α,β-unsaturated/α-hetero) is 1. The van der Waals surface area contributed by atoms with Gasteiger partial charge in [-0.2, -0.15) is 0 Å². The van der Waals surface area contributed by atoms with E-state index in [4.69, 9.17) is 10.5 Å². The maximum atomic E-state index is 12.6. The topological polar surface area (TPSA) is 100 Å². The van der Waals surface area contributed by atoms with Crippen LogP contribution in [0.2, 0.25) is 0 Å². The Kier molecular flexibility index (Phi) is 5.36. The third-order valence-electron chi connectivity index (χ3n) is 4.05. The number of anilines is 1. The second-order valence-electron chi connectivity index (χ2n) is 5.89. The quantitative estimate of drug-likeness (QED) is 0.494. The Bertz CT molecular complexity index is 1030. The molecule has 1 aromatic carbocycles. The number of nitrogens with zero attached hydrogens (tertiary/aromatic N) is 3. The number of rotatable bonds is 5. The standard InChI is InChI=1S/C19H17BrN4O3/c1-11-8-15(12(2)24(11)14-5-3-4-13(20)9-14)16(25)10-27-19(26)17-18(21)23-7-6-22-17/h3-9H,10H2,1-2H3,(H2,21,23). The van der Waals surface area contributed by atoms with Gasteiger partial charge in [-0.3, -0.25) is 4.79 Å². The zero-order valence-corrected chi connectivity index (χ0v) is 16.4. The largest absolute Gasteiger partial charge is 0.452 e. The van der Waals surface area contributed by atoms with Crippen LogP contribution in [0.1, 0.15) is 32.2 Å². The number of carbonyl (C=O) groups excluding carboxylic acids is 2. The molecule has 0 saturated carbocycles. The summed E-state index contributed by atoms with van der Waals surface area (Å²) in [6.45, 7) is 3.36. The molecule has 0 fully saturated rings. The van der Waals surface area contributed by atoms with Crippen molar-refractivity contribution in [3.8, 4) is 5.69 Å². The summed E-state index contributed by atoms with van der Waals surface area (Å²) >= 11 is 3.45. The third-order valence-corrected chi connectivity index (χ3v) is 4.55. The fraction of sp³-hybridized carbons (Fsp3) is 0.158. The van der Waals surface area contributed by atoms with Crippen molar-refractivity contribution >= 4 is 33.5 Å². The molecule has 2 heterocycles. The predicted molar refractivity (Wildman–Crippen MR) is 104 cm³/mol. The van der Waals surface area contributed by atoms with E-state index in [1.165, 1.54) is 12.4 Å². The van der Waals surface area contributed by atoms with Gasteiger partial charge < -0.3 is 15.0 Å². The molecule has 8 heteroatoms. The van der Waals surface area contributed by atoms with Gasteiger partial charge in [-0.15, -0.1) is 0 Å². The highest BCUT2D eigenvalue weighted by atomic mass is 79.9. The minimum absolute atomic E-state index is 0.0391. The van der Waals surface area contributed by atoms with Gasteiger partial charge in [-0.05, 0) is 38.1 Å². The molecule has 2 aromatic heterocycles. The lowest BCUT2D eigenvalue weighted by molar-refractivity contribution is 0.0469. The summed E-state index contributed by atoms with van der Waals surface area (Å²) in [5.41, 5.74) is 8.59. The maximum absolute atomic E-state index is 12.6. The lowest BCUT2D eigenvalue weighted by Crippen LogP contribution is -2.17. The first-order valence-corrected chi connectivity index (χ1v) is 8.89. The lowest BCUT2D eigenvalue weighted by atomic mass is 10.1. The molecular weight excluding hydrogens is 412 g/mol. The van der Waals surface area contributed by atoms with Gasteiger partial charge in [0.15, 0.2) is 18.1 Å². The molecule has 0 radical (unpaired) electrons. The van der Waals surface area contributed by atoms with Crippen molar-refractivity contribution in [3.05, 3.63) is 69.8 Å². The molecule has 138 valence electrons. The summed E-state index contributed by atoms with van der Waals surface area (Å²) in [4.78, 5) is 32.2. The van der Waals surface area contributed by atoms with Gasteiger partial charge in [0.05, 0.1) is 0 Å². The number of hydrogen-bond acceptors (Lipinski definition) is 6. The lowest BCUT2D eigenvalue weighted by Gasteiger charge is -2.10. The van der Waals surface area contributed by atoms with Crippen LogP contribution >= 0.6 is 15.9 Å². The van der Waals surface area contributed by atoms with Crippen LogP contribution in [0.4, 0.5) is 5.82 Å². The average molecular weight is 429 g/mol. The highest BCUT2D eigenvalue weighted by Crippen LogP contribution is 2.23. The summed E-state index contributed by atoms with van der Waals surface area (Å²) in [5, 5.41) is 0. The Morgan fingerprint density at radius 2 is 1.93 bits per heavy atom. The predicted octanol–water partition coefficient (Wildman–Crippen LogP) is 3.27. The first kappa shape index (κ1) is 18.8. The Labute approximate surface area is 164 Å². The molecule has 0 unspecified atom stereocenters. The van der Waals surface area contributed by atoms with Gasteiger partial charge >= 0.3 is 5.97 Å². The van der Waals surface area contributed by atoms with Crippen molar-refractivity contribution in [3.63, 3.8) is 0 Å². The minimum Gasteiger partial charge on any atom is -0.452 e. The summed E-state index contributed by atoms with van der Waals surface area (Å²) < 4.78 is 7.98. The van der Waals surface area contributed by atoms with E-state index < -0.39 is 12.6 Å². The highest BCUT2D eigenvalue weighted by molar-refractivity contribution is 9.10. The molecule has 0 aliphatic carbocycles. The van der Waals surface area contributed by atoms with Gasteiger partial charge in [-0.25, -0.2) is 14.8 Å². The van der Waals surface area contributed by atoms with Crippen LogP contribution < -0.4 is 5.73 Å². The molecule has 0 bridgehead atoms. The first-order chi connectivity index (χ1) is 12.9. The van der Waals surface area contributed by atoms with Crippen molar-refractivity contribution in [1.82, 2.24) is 14.5 Å². The average Bonchev–Trinajstić information content (AvgIpc) is 2.94. The van der Waals surface area contributed by atoms with Crippen LogP contribution in [0.3, 0.4) is 0 Å². The van der Waals surface area contributed by atoms with Crippen molar-refractivity contribution in [2.45, 2.75) is 13.8 Å². The van der Waals surface area contributed by atoms with Crippen molar-refractivity contribution in [2.75, 3.05) is 12.3 Å². The number of esters is 1. The second kappa shape index (κ2) is 7.71. The number of aromatic nitrogens is 3. The first-order valence-electron chi connectivity index (χ1n) is 8.10. The van der Waals surface area contributed by atoms with Crippen molar-refractivity contribution in [2.24, 2.45) is 0 Å². The fourth-order valence-electron chi connectivity index (χ4n) is 2.84. The minimum atomic E-state index is -0.783. The van der Waals surface area contributed by atoms with Gasteiger partial charge in [0, 0.05) is 39.5 Å². The number of aryl methyl sites for hydroxylation is 1. The van der Waals surface area contributed by atoms with Gasteiger partial charge in [0.25, 0.3) is 0 Å². The molecule has 0 spiro atoms. The summed E-state index contributed by atoms with van der Waals surface area (Å²) in [6.07, 6.45) is 2.70. The van der Waals surface area contributed by atoms with E-state index in [1.54, 1.807) is 6.07 Å². The number of ketones is 1. The van der Waals surface area contributed by atoms with Gasteiger partial charge in [0.1, 0.15) is 0 Å². The second-order valence-corrected chi connectivity index (χ2v) is 6.81. The van der Waals surface area contributed by atoms with Crippen LogP contribution in [0.25, 0.3) is 5.69 Å². The molecule has 0 atom stereocenters. The summed E-state index contributed by atoms with van der Waals surface area (Å²) in [5.74, 6) is -1.13. The molecule has 3 aromatic rings. The molecule has 0 saturated heterocycles. The zero-order valence-electron chi connectivity index (χ0n) is 14.8. The molecule has 3 rings (SSSR count). The van der Waals surface area contributed by atoms with E-state index in [2.05, 4.69) is 25.9 Å². The van der Waals surface area contributed by atoms with Crippen LogP contribution in [0.5, 0.6) is 0 Å². The van der Waals surface area contributed by atoms with Crippen molar-refractivity contribution < 1.29 is 14.3 Å². The molecule has 7 nitrogen and oxygen atoms in total. The van der Waals surface area contributed by atoms with Crippen LogP contribution in [-0.2, 0) is 4.74 Å². The number of nitrogen functional groups attached to an aromatic ring is 1. The number of ether oxygens (including phenoxy) is 1. The number of benzene rings is 1. The SMILES string of the molecule is Cc1cc(C(=O)COC(=O)c2nccnc2N)c(C)n1-c1cccc(Br)c1. The number of nitrogens with two attached hydrogens (primary N) is 1. The van der Waals surface area contributed by atoms with Gasteiger partial charge in [-0.1, -0.05) is 22.0 Å². The molecular formula is C19H17BrN4O3. The number of carbonyl (C=O) groups is 2. The molecule has 0 aliphatic heterocycles. The van der Waals surface area contributed by atoms with E-state index in [0.717, 1.165) is 21.5 Å².